The van der Waals surface area contributed by atoms with Gasteiger partial charge in [0.15, 0.2) is 5.75 Å². The van der Waals surface area contributed by atoms with Crippen LogP contribution in [0.5, 0.6) is 11.5 Å². The zero-order valence-corrected chi connectivity index (χ0v) is 18.0. The van der Waals surface area contributed by atoms with Crippen molar-refractivity contribution in [3.63, 3.8) is 0 Å². The highest BCUT2D eigenvalue weighted by atomic mass is 17.2. The molecular weight excluding hydrogens is 366 g/mol. The SMILES string of the molecule is CC(=O)OOc1cc(Cc2ccc(O)c(C3CCCC(C)C3)n2)c(C)c(C)c1C. The Hall–Kier alpha value is -2.56. The third-order valence-corrected chi connectivity index (χ3v) is 6.19. The van der Waals surface area contributed by atoms with Gasteiger partial charge in [-0.05, 0) is 80.0 Å². The molecule has 156 valence electrons. The maximum atomic E-state index is 11.1. The highest BCUT2D eigenvalue weighted by molar-refractivity contribution is 5.65. The third-order valence-electron chi connectivity index (χ3n) is 6.19. The maximum absolute atomic E-state index is 11.1. The van der Waals surface area contributed by atoms with Gasteiger partial charge >= 0.3 is 5.97 Å². The number of nitrogens with zero attached hydrogens (tertiary/aromatic N) is 1. The van der Waals surface area contributed by atoms with Gasteiger partial charge in [-0.15, -0.1) is 0 Å². The molecule has 1 aromatic heterocycles. The van der Waals surface area contributed by atoms with Crippen LogP contribution in [0, 0.1) is 26.7 Å². The lowest BCUT2D eigenvalue weighted by Gasteiger charge is -2.27. The number of hydrogen-bond donors (Lipinski definition) is 1. The van der Waals surface area contributed by atoms with Crippen molar-refractivity contribution in [1.29, 1.82) is 0 Å². The molecule has 0 saturated heterocycles. The van der Waals surface area contributed by atoms with Crippen LogP contribution in [0.25, 0.3) is 0 Å². The molecule has 5 heteroatoms. The lowest BCUT2D eigenvalue weighted by molar-refractivity contribution is -0.211. The fraction of sp³-hybridized carbons (Fsp3) is 0.500. The highest BCUT2D eigenvalue weighted by Gasteiger charge is 2.24. The molecule has 1 N–H and O–H groups in total. The minimum Gasteiger partial charge on any atom is -0.506 e. The number of benzene rings is 1. The van der Waals surface area contributed by atoms with Crippen molar-refractivity contribution in [1.82, 2.24) is 4.98 Å². The highest BCUT2D eigenvalue weighted by Crippen LogP contribution is 2.38. The van der Waals surface area contributed by atoms with Crippen LogP contribution in [0.15, 0.2) is 18.2 Å². The second-order valence-electron chi connectivity index (χ2n) is 8.42. The van der Waals surface area contributed by atoms with Crippen molar-refractivity contribution in [2.24, 2.45) is 5.92 Å². The summed E-state index contributed by atoms with van der Waals surface area (Å²) in [7, 11) is 0. The number of carbonyl (C=O) groups excluding carboxylic acids is 1. The molecule has 1 heterocycles. The van der Waals surface area contributed by atoms with Gasteiger partial charge in [-0.25, -0.2) is 4.79 Å². The van der Waals surface area contributed by atoms with Gasteiger partial charge in [0.1, 0.15) is 5.75 Å². The number of rotatable bonds is 5. The van der Waals surface area contributed by atoms with Crippen LogP contribution in [-0.2, 0) is 16.1 Å². The Balaban J connectivity index is 1.89. The molecule has 1 aliphatic rings. The fourth-order valence-electron chi connectivity index (χ4n) is 4.24. The number of aromatic hydroxyl groups is 1. The number of carbonyl (C=O) groups is 1. The van der Waals surface area contributed by atoms with Crippen LogP contribution in [0.3, 0.4) is 0 Å². The molecular formula is C24H31NO4. The number of pyridine rings is 1. The van der Waals surface area contributed by atoms with Crippen LogP contribution in [0.1, 0.15) is 79.1 Å². The zero-order valence-electron chi connectivity index (χ0n) is 18.0. The fourth-order valence-corrected chi connectivity index (χ4v) is 4.24. The third kappa shape index (κ3) is 4.89. The molecule has 29 heavy (non-hydrogen) atoms. The summed E-state index contributed by atoms with van der Waals surface area (Å²) in [5.74, 6) is 1.33. The lowest BCUT2D eigenvalue weighted by atomic mass is 9.80. The Morgan fingerprint density at radius 1 is 1.17 bits per heavy atom. The second kappa shape index (κ2) is 8.85. The van der Waals surface area contributed by atoms with Gasteiger partial charge in [-0.1, -0.05) is 19.8 Å². The van der Waals surface area contributed by atoms with E-state index in [-0.39, 0.29) is 0 Å². The van der Waals surface area contributed by atoms with Gasteiger partial charge < -0.3 is 5.11 Å². The first kappa shape index (κ1) is 21.2. The molecule has 0 bridgehead atoms. The van der Waals surface area contributed by atoms with Gasteiger partial charge in [-0.3, -0.25) is 14.8 Å². The van der Waals surface area contributed by atoms with Crippen molar-refractivity contribution in [2.45, 2.75) is 72.6 Å². The summed E-state index contributed by atoms with van der Waals surface area (Å²) in [6, 6.07) is 5.56. The average Bonchev–Trinajstić information content (AvgIpc) is 2.68. The standard InChI is InChI=1S/C24H31NO4/c1-14-7-6-8-19(11-14)24-22(27)10-9-21(25-24)12-20-13-23(29-28-18(5)26)17(4)15(2)16(20)3/h9-10,13-14,19,27H,6-8,11-12H2,1-5H3. The van der Waals surface area contributed by atoms with E-state index in [0.717, 1.165) is 40.9 Å². The van der Waals surface area contributed by atoms with E-state index < -0.39 is 5.97 Å². The quantitative estimate of drug-likeness (QED) is 0.536. The number of aromatic nitrogens is 1. The predicted octanol–water partition coefficient (Wildman–Crippen LogP) is 5.45. The topological polar surface area (TPSA) is 68.7 Å². The van der Waals surface area contributed by atoms with Crippen LogP contribution >= 0.6 is 0 Å². The summed E-state index contributed by atoms with van der Waals surface area (Å²) in [6.07, 6.45) is 5.22. The van der Waals surface area contributed by atoms with E-state index in [0.29, 0.717) is 29.8 Å². The van der Waals surface area contributed by atoms with Gasteiger partial charge in [0.05, 0.1) is 5.69 Å². The molecule has 1 aromatic carbocycles. The largest absolute Gasteiger partial charge is 0.506 e. The van der Waals surface area contributed by atoms with E-state index >= 15 is 0 Å². The smallest absolute Gasteiger partial charge is 0.352 e. The first-order chi connectivity index (χ1) is 13.8. The molecule has 2 unspecified atom stereocenters. The van der Waals surface area contributed by atoms with E-state index in [4.69, 9.17) is 14.8 Å². The molecule has 0 radical (unpaired) electrons. The van der Waals surface area contributed by atoms with Crippen molar-refractivity contribution >= 4 is 5.97 Å². The minimum absolute atomic E-state index is 0.295. The molecule has 2 aromatic rings. The van der Waals surface area contributed by atoms with Gasteiger partial charge in [0.2, 0.25) is 0 Å². The Kier molecular flexibility index (Phi) is 6.46. The summed E-state index contributed by atoms with van der Waals surface area (Å²) >= 11 is 0. The first-order valence-corrected chi connectivity index (χ1v) is 10.4. The van der Waals surface area contributed by atoms with Crippen LogP contribution in [-0.4, -0.2) is 16.1 Å². The van der Waals surface area contributed by atoms with E-state index in [1.807, 2.05) is 26.0 Å². The predicted molar refractivity (Wildman–Crippen MR) is 112 cm³/mol. The summed E-state index contributed by atoms with van der Waals surface area (Å²) < 4.78 is 0. The monoisotopic (exact) mass is 397 g/mol. The summed E-state index contributed by atoms with van der Waals surface area (Å²) in [5, 5.41) is 10.4. The molecule has 0 spiro atoms. The van der Waals surface area contributed by atoms with Crippen LogP contribution < -0.4 is 4.89 Å². The molecule has 5 nitrogen and oxygen atoms in total. The molecule has 0 amide bonds. The van der Waals surface area contributed by atoms with E-state index in [9.17, 15) is 9.90 Å². The Morgan fingerprint density at radius 2 is 1.93 bits per heavy atom. The van der Waals surface area contributed by atoms with E-state index in [1.54, 1.807) is 6.07 Å². The zero-order chi connectivity index (χ0) is 21.1. The normalized spacial score (nSPS) is 19.1. The average molecular weight is 398 g/mol. The lowest BCUT2D eigenvalue weighted by Crippen LogP contribution is -2.14. The summed E-state index contributed by atoms with van der Waals surface area (Å²) in [6.45, 7) is 9.65. The van der Waals surface area contributed by atoms with Gasteiger partial charge in [-0.2, -0.15) is 0 Å². The molecule has 1 saturated carbocycles. The van der Waals surface area contributed by atoms with Crippen molar-refractivity contribution < 1.29 is 19.7 Å². The van der Waals surface area contributed by atoms with Crippen LogP contribution in [0.2, 0.25) is 0 Å². The molecule has 1 fully saturated rings. The Labute approximate surface area is 173 Å². The van der Waals surface area contributed by atoms with Gasteiger partial charge in [0, 0.05) is 25.0 Å². The Morgan fingerprint density at radius 3 is 2.62 bits per heavy atom. The van der Waals surface area contributed by atoms with Crippen molar-refractivity contribution in [3.8, 4) is 11.5 Å². The molecule has 0 aliphatic heterocycles. The molecule has 3 rings (SSSR count). The molecule has 2 atom stereocenters. The maximum Gasteiger partial charge on any atom is 0.352 e. The Bertz CT molecular complexity index is 906. The van der Waals surface area contributed by atoms with E-state index in [1.165, 1.54) is 25.3 Å². The summed E-state index contributed by atoms with van der Waals surface area (Å²) in [5.41, 5.74) is 6.03. The van der Waals surface area contributed by atoms with E-state index in [2.05, 4.69) is 13.8 Å². The number of hydrogen-bond acceptors (Lipinski definition) is 5. The van der Waals surface area contributed by atoms with Gasteiger partial charge in [0.25, 0.3) is 0 Å². The van der Waals surface area contributed by atoms with Crippen LogP contribution in [0.4, 0.5) is 0 Å². The second-order valence-corrected chi connectivity index (χ2v) is 8.42. The summed E-state index contributed by atoms with van der Waals surface area (Å²) in [4.78, 5) is 26.0. The minimum atomic E-state index is -0.490. The molecule has 1 aliphatic carbocycles. The van der Waals surface area contributed by atoms with Crippen molar-refractivity contribution in [2.75, 3.05) is 0 Å². The first-order valence-electron chi connectivity index (χ1n) is 10.4. The van der Waals surface area contributed by atoms with Crippen molar-refractivity contribution in [3.05, 3.63) is 51.8 Å².